The first kappa shape index (κ1) is 19.0. The maximum absolute atomic E-state index is 12.1. The number of ether oxygens (including phenoxy) is 1. The summed E-state index contributed by atoms with van der Waals surface area (Å²) in [4.78, 5) is 23.9. The summed E-state index contributed by atoms with van der Waals surface area (Å²) in [6.07, 6.45) is 2.34. The Hall–Kier alpha value is -0.960. The highest BCUT2D eigenvalue weighted by Crippen LogP contribution is 2.17. The second-order valence-corrected chi connectivity index (χ2v) is 5.88. The van der Waals surface area contributed by atoms with Crippen LogP contribution < -0.4 is 0 Å². The topological polar surface area (TPSA) is 43.4 Å². The number of allylic oxidation sites excluding steroid dienone is 1. The molecule has 0 saturated heterocycles. The van der Waals surface area contributed by atoms with Gasteiger partial charge in [0.05, 0.1) is 6.61 Å². The highest BCUT2D eigenvalue weighted by Gasteiger charge is 2.18. The van der Waals surface area contributed by atoms with Gasteiger partial charge < -0.3 is 4.74 Å². The summed E-state index contributed by atoms with van der Waals surface area (Å²) >= 11 is 0. The molecule has 0 aliphatic heterocycles. The van der Waals surface area contributed by atoms with Crippen LogP contribution in [-0.2, 0) is 14.3 Å². The second-order valence-electron chi connectivity index (χ2n) is 5.88. The Kier molecular flexibility index (Phi) is 9.39. The smallest absolute Gasteiger partial charge is 0.161 e. The van der Waals surface area contributed by atoms with E-state index in [1.54, 1.807) is 6.92 Å². The molecule has 0 spiro atoms. The minimum absolute atomic E-state index is 0.0217. The summed E-state index contributed by atoms with van der Waals surface area (Å²) in [5, 5.41) is 0. The number of Topliss-reactive ketones (excluding diaryl/α,β-unsaturated/α-hetero) is 2. The van der Waals surface area contributed by atoms with Gasteiger partial charge in [0.2, 0.25) is 0 Å². The molecule has 0 aromatic heterocycles. The number of carbonyl (C=O) groups is 2. The summed E-state index contributed by atoms with van der Waals surface area (Å²) in [5.41, 5.74) is 1.24. The standard InChI is InChI=1S/C17H30O3/c1-7-13(4)17(19)14(5)16(15(6)18)9-11-20-10-8-12(2)3/h12-13H,7-11H2,1-6H3/b16-14-. The van der Waals surface area contributed by atoms with Gasteiger partial charge in [-0.1, -0.05) is 27.7 Å². The van der Waals surface area contributed by atoms with Gasteiger partial charge in [0.15, 0.2) is 11.6 Å². The fraction of sp³-hybridized carbons (Fsp3) is 0.765. The molecule has 0 saturated carbocycles. The Morgan fingerprint density at radius 3 is 2.10 bits per heavy atom. The van der Waals surface area contributed by atoms with Crippen LogP contribution in [0.15, 0.2) is 11.1 Å². The molecule has 0 aliphatic rings. The lowest BCUT2D eigenvalue weighted by atomic mass is 9.92. The van der Waals surface area contributed by atoms with E-state index in [0.717, 1.165) is 12.8 Å². The Bertz CT molecular complexity index is 353. The maximum atomic E-state index is 12.1. The molecule has 0 heterocycles. The highest BCUT2D eigenvalue weighted by molar-refractivity contribution is 6.05. The fourth-order valence-corrected chi connectivity index (χ4v) is 1.93. The molecule has 1 atom stereocenters. The normalized spacial score (nSPS) is 14.2. The first-order chi connectivity index (χ1) is 9.31. The first-order valence-corrected chi connectivity index (χ1v) is 7.63. The van der Waals surface area contributed by atoms with Crippen LogP contribution in [0.5, 0.6) is 0 Å². The highest BCUT2D eigenvalue weighted by atomic mass is 16.5. The van der Waals surface area contributed by atoms with Crippen molar-refractivity contribution in [2.24, 2.45) is 11.8 Å². The van der Waals surface area contributed by atoms with Crippen LogP contribution >= 0.6 is 0 Å². The number of hydrogen-bond donors (Lipinski definition) is 0. The van der Waals surface area contributed by atoms with Crippen molar-refractivity contribution >= 4 is 11.6 Å². The van der Waals surface area contributed by atoms with Crippen molar-refractivity contribution in [2.45, 2.75) is 60.8 Å². The zero-order valence-corrected chi connectivity index (χ0v) is 13.9. The predicted molar refractivity (Wildman–Crippen MR) is 82.7 cm³/mol. The van der Waals surface area contributed by atoms with Crippen molar-refractivity contribution < 1.29 is 14.3 Å². The average Bonchev–Trinajstić information content (AvgIpc) is 2.39. The van der Waals surface area contributed by atoms with Crippen LogP contribution in [0.25, 0.3) is 0 Å². The van der Waals surface area contributed by atoms with Gasteiger partial charge >= 0.3 is 0 Å². The van der Waals surface area contributed by atoms with E-state index in [9.17, 15) is 9.59 Å². The van der Waals surface area contributed by atoms with Gasteiger partial charge in [-0.2, -0.15) is 0 Å². The fourth-order valence-electron chi connectivity index (χ4n) is 1.93. The molecule has 0 rings (SSSR count). The maximum Gasteiger partial charge on any atom is 0.161 e. The number of hydrogen-bond acceptors (Lipinski definition) is 3. The van der Waals surface area contributed by atoms with Gasteiger partial charge in [-0.25, -0.2) is 0 Å². The second kappa shape index (κ2) is 9.87. The van der Waals surface area contributed by atoms with Gasteiger partial charge in [-0.05, 0) is 44.6 Å². The zero-order valence-electron chi connectivity index (χ0n) is 13.9. The van der Waals surface area contributed by atoms with E-state index in [2.05, 4.69) is 13.8 Å². The Labute approximate surface area is 123 Å². The summed E-state index contributed by atoms with van der Waals surface area (Å²) < 4.78 is 5.54. The minimum Gasteiger partial charge on any atom is -0.381 e. The van der Waals surface area contributed by atoms with E-state index in [1.165, 1.54) is 6.92 Å². The van der Waals surface area contributed by atoms with Crippen LogP contribution in [0.1, 0.15) is 60.8 Å². The van der Waals surface area contributed by atoms with E-state index in [1.807, 2.05) is 13.8 Å². The van der Waals surface area contributed by atoms with Crippen molar-refractivity contribution in [1.82, 2.24) is 0 Å². The van der Waals surface area contributed by atoms with E-state index in [-0.39, 0.29) is 17.5 Å². The van der Waals surface area contributed by atoms with Gasteiger partial charge in [-0.15, -0.1) is 0 Å². The lowest BCUT2D eigenvalue weighted by Crippen LogP contribution is -2.16. The average molecular weight is 282 g/mol. The molecular formula is C17H30O3. The summed E-state index contributed by atoms with van der Waals surface area (Å²) in [6, 6.07) is 0. The largest absolute Gasteiger partial charge is 0.381 e. The molecule has 3 nitrogen and oxygen atoms in total. The zero-order chi connectivity index (χ0) is 15.7. The molecule has 0 amide bonds. The molecule has 0 N–H and O–H groups in total. The van der Waals surface area contributed by atoms with Crippen LogP contribution in [0, 0.1) is 11.8 Å². The SMILES string of the molecule is CCC(C)C(=O)/C(C)=C(/CCOCCC(C)C)C(C)=O. The molecule has 116 valence electrons. The third-order valence-corrected chi connectivity index (χ3v) is 3.64. The van der Waals surface area contributed by atoms with Crippen molar-refractivity contribution in [2.75, 3.05) is 13.2 Å². The van der Waals surface area contributed by atoms with Crippen LogP contribution in [0.2, 0.25) is 0 Å². The molecule has 0 fully saturated rings. The number of rotatable bonds is 10. The van der Waals surface area contributed by atoms with Crippen LogP contribution in [0.3, 0.4) is 0 Å². The summed E-state index contributed by atoms with van der Waals surface area (Å²) in [7, 11) is 0. The minimum atomic E-state index is -0.0220. The Morgan fingerprint density at radius 2 is 1.65 bits per heavy atom. The van der Waals surface area contributed by atoms with Crippen molar-refractivity contribution in [3.05, 3.63) is 11.1 Å². The Morgan fingerprint density at radius 1 is 1.05 bits per heavy atom. The summed E-state index contributed by atoms with van der Waals surface area (Å²) in [6.45, 7) is 12.7. The molecule has 20 heavy (non-hydrogen) atoms. The monoisotopic (exact) mass is 282 g/mol. The molecule has 0 aliphatic carbocycles. The molecule has 0 radical (unpaired) electrons. The lowest BCUT2D eigenvalue weighted by Gasteiger charge is -2.13. The van der Waals surface area contributed by atoms with Gasteiger partial charge in [0.25, 0.3) is 0 Å². The van der Waals surface area contributed by atoms with E-state index < -0.39 is 0 Å². The van der Waals surface area contributed by atoms with E-state index in [4.69, 9.17) is 4.74 Å². The quantitative estimate of drug-likeness (QED) is 0.450. The Balaban J connectivity index is 4.56. The van der Waals surface area contributed by atoms with Gasteiger partial charge in [-0.3, -0.25) is 9.59 Å². The molecule has 0 bridgehead atoms. The number of carbonyl (C=O) groups excluding carboxylic acids is 2. The number of ketones is 2. The van der Waals surface area contributed by atoms with Crippen molar-refractivity contribution in [1.29, 1.82) is 0 Å². The summed E-state index contributed by atoms with van der Waals surface area (Å²) in [5.74, 6) is 0.657. The first-order valence-electron chi connectivity index (χ1n) is 7.63. The van der Waals surface area contributed by atoms with Crippen molar-refractivity contribution in [3.8, 4) is 0 Å². The van der Waals surface area contributed by atoms with E-state index >= 15 is 0 Å². The van der Waals surface area contributed by atoms with Crippen molar-refractivity contribution in [3.63, 3.8) is 0 Å². The molecule has 1 unspecified atom stereocenters. The van der Waals surface area contributed by atoms with Gasteiger partial charge in [0.1, 0.15) is 0 Å². The van der Waals surface area contributed by atoms with Gasteiger partial charge in [0, 0.05) is 18.1 Å². The third-order valence-electron chi connectivity index (χ3n) is 3.64. The molecule has 3 heteroatoms. The van der Waals surface area contributed by atoms with Crippen LogP contribution in [-0.4, -0.2) is 24.8 Å². The molecular weight excluding hydrogens is 252 g/mol. The van der Waals surface area contributed by atoms with Crippen LogP contribution in [0.4, 0.5) is 0 Å². The third kappa shape index (κ3) is 6.99. The predicted octanol–water partition coefficient (Wildman–Crippen LogP) is 3.96. The molecule has 0 aromatic carbocycles. The molecule has 0 aromatic rings. The lowest BCUT2D eigenvalue weighted by molar-refractivity contribution is -0.119. The van der Waals surface area contributed by atoms with E-state index in [0.29, 0.717) is 36.7 Å².